The average molecular weight is 351 g/mol. The first-order valence-corrected chi connectivity index (χ1v) is 8.56. The van der Waals surface area contributed by atoms with E-state index >= 15 is 0 Å². The van der Waals surface area contributed by atoms with Gasteiger partial charge in [0.15, 0.2) is 0 Å². The maximum absolute atomic E-state index is 13.5. The Morgan fingerprint density at radius 1 is 1.36 bits per heavy atom. The molecule has 1 saturated heterocycles. The van der Waals surface area contributed by atoms with E-state index in [-0.39, 0.29) is 23.9 Å². The second kappa shape index (κ2) is 8.80. The first kappa shape index (κ1) is 19.2. The minimum absolute atomic E-state index is 0.00538. The van der Waals surface area contributed by atoms with E-state index in [1.54, 1.807) is 43.0 Å². The highest BCUT2D eigenvalue weighted by molar-refractivity contribution is 5.83. The standard InChI is InChI=1S/C18H26FN3O3/c1-4-25-18(24)22-10-8-15(9-11-22)20-17(23)16(21(2)3)13-6-5-7-14(19)12-13/h5-7,12,15-16H,4,8-11H2,1-3H3,(H,20,23)/t16-/m0/s1. The molecule has 0 aliphatic carbocycles. The monoisotopic (exact) mass is 351 g/mol. The molecule has 25 heavy (non-hydrogen) atoms. The summed E-state index contributed by atoms with van der Waals surface area (Å²) in [5.74, 6) is -0.523. The van der Waals surface area contributed by atoms with Crippen molar-refractivity contribution >= 4 is 12.0 Å². The van der Waals surface area contributed by atoms with Gasteiger partial charge in [0.2, 0.25) is 5.91 Å². The SMILES string of the molecule is CCOC(=O)N1CCC(NC(=O)[C@H](c2cccc(F)c2)N(C)C)CC1. The number of likely N-dealkylation sites (N-methyl/N-ethyl adjacent to an activating group) is 1. The number of carbonyl (C=O) groups is 2. The molecule has 1 N–H and O–H groups in total. The number of rotatable bonds is 5. The van der Waals surface area contributed by atoms with Crippen LogP contribution in [0.15, 0.2) is 24.3 Å². The number of likely N-dealkylation sites (tertiary alicyclic amines) is 1. The number of hydrogen-bond donors (Lipinski definition) is 1. The second-order valence-corrected chi connectivity index (χ2v) is 6.39. The second-order valence-electron chi connectivity index (χ2n) is 6.39. The molecule has 0 bridgehead atoms. The lowest BCUT2D eigenvalue weighted by Gasteiger charge is -2.33. The Morgan fingerprint density at radius 3 is 2.60 bits per heavy atom. The van der Waals surface area contributed by atoms with E-state index in [0.717, 1.165) is 0 Å². The summed E-state index contributed by atoms with van der Waals surface area (Å²) in [5, 5.41) is 3.03. The Hall–Kier alpha value is -2.15. The molecule has 0 unspecified atom stereocenters. The molecule has 7 heteroatoms. The van der Waals surface area contributed by atoms with Gasteiger partial charge in [-0.1, -0.05) is 12.1 Å². The molecule has 1 aliphatic heterocycles. The van der Waals surface area contributed by atoms with Gasteiger partial charge in [-0.3, -0.25) is 9.69 Å². The van der Waals surface area contributed by atoms with Crippen molar-refractivity contribution in [1.82, 2.24) is 15.1 Å². The van der Waals surface area contributed by atoms with Crippen LogP contribution in [0.3, 0.4) is 0 Å². The van der Waals surface area contributed by atoms with Crippen molar-refractivity contribution in [3.63, 3.8) is 0 Å². The van der Waals surface area contributed by atoms with Crippen LogP contribution in [-0.2, 0) is 9.53 Å². The van der Waals surface area contributed by atoms with Gasteiger partial charge in [-0.05, 0) is 51.6 Å². The summed E-state index contributed by atoms with van der Waals surface area (Å²) in [6.45, 7) is 3.24. The molecular formula is C18H26FN3O3. The smallest absolute Gasteiger partial charge is 0.409 e. The minimum Gasteiger partial charge on any atom is -0.450 e. The molecule has 2 rings (SSSR count). The maximum Gasteiger partial charge on any atom is 0.409 e. The largest absolute Gasteiger partial charge is 0.450 e. The summed E-state index contributed by atoms with van der Waals surface area (Å²) in [7, 11) is 3.58. The zero-order valence-corrected chi connectivity index (χ0v) is 15.0. The highest BCUT2D eigenvalue weighted by Crippen LogP contribution is 2.21. The predicted molar refractivity (Wildman–Crippen MR) is 92.6 cm³/mol. The van der Waals surface area contributed by atoms with Crippen LogP contribution in [0.5, 0.6) is 0 Å². The first-order chi connectivity index (χ1) is 11.9. The third-order valence-corrected chi connectivity index (χ3v) is 4.30. The molecule has 1 aromatic carbocycles. The zero-order valence-electron chi connectivity index (χ0n) is 15.0. The minimum atomic E-state index is -0.557. The fourth-order valence-electron chi connectivity index (χ4n) is 3.06. The van der Waals surface area contributed by atoms with Crippen LogP contribution in [0.25, 0.3) is 0 Å². The number of carbonyl (C=O) groups excluding carboxylic acids is 2. The van der Waals surface area contributed by atoms with E-state index in [1.165, 1.54) is 12.1 Å². The molecular weight excluding hydrogens is 325 g/mol. The van der Waals surface area contributed by atoms with Crippen LogP contribution in [0.4, 0.5) is 9.18 Å². The van der Waals surface area contributed by atoms with Gasteiger partial charge in [-0.25, -0.2) is 9.18 Å². The number of nitrogens with one attached hydrogen (secondary N) is 1. The number of ether oxygens (including phenoxy) is 1. The molecule has 1 aromatic rings. The van der Waals surface area contributed by atoms with Crippen LogP contribution in [-0.4, -0.2) is 61.6 Å². The number of halogens is 1. The van der Waals surface area contributed by atoms with Crippen molar-refractivity contribution in [3.8, 4) is 0 Å². The first-order valence-electron chi connectivity index (χ1n) is 8.56. The average Bonchev–Trinajstić information content (AvgIpc) is 2.55. The fourth-order valence-corrected chi connectivity index (χ4v) is 3.06. The Balaban J connectivity index is 1.95. The molecule has 2 amide bonds. The van der Waals surface area contributed by atoms with Crippen molar-refractivity contribution < 1.29 is 18.7 Å². The maximum atomic E-state index is 13.5. The number of amides is 2. The third-order valence-electron chi connectivity index (χ3n) is 4.30. The van der Waals surface area contributed by atoms with Crippen LogP contribution in [0.1, 0.15) is 31.4 Å². The van der Waals surface area contributed by atoms with Crippen molar-refractivity contribution in [2.75, 3.05) is 33.8 Å². The molecule has 0 spiro atoms. The van der Waals surface area contributed by atoms with E-state index in [2.05, 4.69) is 5.32 Å². The van der Waals surface area contributed by atoms with Crippen molar-refractivity contribution in [2.24, 2.45) is 0 Å². The van der Waals surface area contributed by atoms with E-state index in [1.807, 2.05) is 0 Å². The van der Waals surface area contributed by atoms with E-state index in [4.69, 9.17) is 4.74 Å². The van der Waals surface area contributed by atoms with Gasteiger partial charge in [0, 0.05) is 19.1 Å². The zero-order chi connectivity index (χ0) is 18.4. The van der Waals surface area contributed by atoms with Crippen molar-refractivity contribution in [3.05, 3.63) is 35.6 Å². The summed E-state index contributed by atoms with van der Waals surface area (Å²) >= 11 is 0. The van der Waals surface area contributed by atoms with Gasteiger partial charge in [-0.15, -0.1) is 0 Å². The Morgan fingerprint density at radius 2 is 2.04 bits per heavy atom. The Labute approximate surface area is 147 Å². The van der Waals surface area contributed by atoms with Gasteiger partial charge in [0.05, 0.1) is 6.61 Å². The molecule has 1 fully saturated rings. The van der Waals surface area contributed by atoms with Gasteiger partial charge in [0.25, 0.3) is 0 Å². The van der Waals surface area contributed by atoms with Gasteiger partial charge in [-0.2, -0.15) is 0 Å². The summed E-state index contributed by atoms with van der Waals surface area (Å²) in [4.78, 5) is 27.8. The third kappa shape index (κ3) is 5.16. The summed E-state index contributed by atoms with van der Waals surface area (Å²) in [6.07, 6.45) is 1.04. The van der Waals surface area contributed by atoms with Gasteiger partial charge in [0.1, 0.15) is 11.9 Å². The molecule has 0 radical (unpaired) electrons. The lowest BCUT2D eigenvalue weighted by Crippen LogP contribution is -2.49. The van der Waals surface area contributed by atoms with E-state index in [9.17, 15) is 14.0 Å². The fraction of sp³-hybridized carbons (Fsp3) is 0.556. The number of nitrogens with zero attached hydrogens (tertiary/aromatic N) is 2. The highest BCUT2D eigenvalue weighted by atomic mass is 19.1. The van der Waals surface area contributed by atoms with Crippen LogP contribution in [0, 0.1) is 5.82 Å². The van der Waals surface area contributed by atoms with E-state index < -0.39 is 6.04 Å². The molecule has 0 saturated carbocycles. The summed E-state index contributed by atoms with van der Waals surface area (Å²) < 4.78 is 18.5. The quantitative estimate of drug-likeness (QED) is 0.883. The van der Waals surface area contributed by atoms with Crippen LogP contribution in [0.2, 0.25) is 0 Å². The van der Waals surface area contributed by atoms with Crippen LogP contribution < -0.4 is 5.32 Å². The summed E-state index contributed by atoms with van der Waals surface area (Å²) in [5.41, 5.74) is 0.617. The van der Waals surface area contributed by atoms with Crippen molar-refractivity contribution in [1.29, 1.82) is 0 Å². The number of benzene rings is 1. The number of hydrogen-bond acceptors (Lipinski definition) is 4. The summed E-state index contributed by atoms with van der Waals surface area (Å²) in [6, 6.07) is 5.53. The topological polar surface area (TPSA) is 61.9 Å². The Bertz CT molecular complexity index is 601. The molecule has 1 aliphatic rings. The molecule has 138 valence electrons. The molecule has 1 atom stereocenters. The van der Waals surface area contributed by atoms with Crippen molar-refractivity contribution in [2.45, 2.75) is 31.8 Å². The lowest BCUT2D eigenvalue weighted by atomic mass is 10.0. The number of piperidine rings is 1. The highest BCUT2D eigenvalue weighted by Gasteiger charge is 2.28. The van der Waals surface area contributed by atoms with E-state index in [0.29, 0.717) is 38.1 Å². The molecule has 1 heterocycles. The van der Waals surface area contributed by atoms with Gasteiger partial charge < -0.3 is 15.0 Å². The Kier molecular flexibility index (Phi) is 6.75. The van der Waals surface area contributed by atoms with Gasteiger partial charge >= 0.3 is 6.09 Å². The normalized spacial score (nSPS) is 16.6. The lowest BCUT2D eigenvalue weighted by molar-refractivity contribution is -0.126. The molecule has 6 nitrogen and oxygen atoms in total. The molecule has 0 aromatic heterocycles. The predicted octanol–water partition coefficient (Wildman–Crippen LogP) is 2.17. The van der Waals surface area contributed by atoms with Crippen LogP contribution >= 0.6 is 0 Å².